The second-order valence-corrected chi connectivity index (χ2v) is 9.99. The number of benzene rings is 1. The van der Waals surface area contributed by atoms with Crippen molar-refractivity contribution in [1.29, 1.82) is 0 Å². The fourth-order valence-corrected chi connectivity index (χ4v) is 5.14. The molecule has 2 aromatic heterocycles. The van der Waals surface area contributed by atoms with Crippen molar-refractivity contribution in [3.05, 3.63) is 52.7 Å². The van der Waals surface area contributed by atoms with E-state index < -0.39 is 28.5 Å². The largest absolute Gasteiger partial charge is 0.456 e. The number of aryl methyl sites for hydroxylation is 1. The lowest BCUT2D eigenvalue weighted by Crippen LogP contribution is -2.27. The molecule has 0 atom stereocenters. The van der Waals surface area contributed by atoms with E-state index in [9.17, 15) is 18.0 Å². The molecule has 3 aromatic rings. The smallest absolute Gasteiger partial charge is 0.307 e. The Morgan fingerprint density at radius 3 is 2.60 bits per heavy atom. The summed E-state index contributed by atoms with van der Waals surface area (Å²) in [7, 11) is -3.63. The Kier molecular flexibility index (Phi) is 7.32. The number of amides is 1. The van der Waals surface area contributed by atoms with Crippen LogP contribution in [0.25, 0.3) is 11.3 Å². The molecule has 1 aromatic carbocycles. The summed E-state index contributed by atoms with van der Waals surface area (Å²) in [5.74, 6) is -1.20. The molecule has 0 unspecified atom stereocenters. The summed E-state index contributed by atoms with van der Waals surface area (Å²) in [6.07, 6.45) is -0.188. The molecule has 1 amide bonds. The van der Waals surface area contributed by atoms with Gasteiger partial charge in [0, 0.05) is 17.5 Å². The van der Waals surface area contributed by atoms with Crippen molar-refractivity contribution in [3.8, 4) is 11.3 Å². The summed E-state index contributed by atoms with van der Waals surface area (Å²) >= 11 is 2.35. The highest BCUT2D eigenvalue weighted by molar-refractivity contribution is 7.91. The second-order valence-electron chi connectivity index (χ2n) is 6.19. The van der Waals surface area contributed by atoms with Crippen molar-refractivity contribution < 1.29 is 22.7 Å². The molecule has 0 saturated carbocycles. The minimum absolute atomic E-state index is 0.118. The van der Waals surface area contributed by atoms with Crippen molar-refractivity contribution in [2.24, 2.45) is 0 Å². The van der Waals surface area contributed by atoms with Crippen LogP contribution in [0.5, 0.6) is 0 Å². The molecular formula is C19H19N3O5S3. The number of esters is 1. The van der Waals surface area contributed by atoms with E-state index in [1.807, 2.05) is 36.6 Å². The summed E-state index contributed by atoms with van der Waals surface area (Å²) in [6.45, 7) is 1.40. The summed E-state index contributed by atoms with van der Waals surface area (Å²) in [5.41, 5.74) is 2.82. The minimum Gasteiger partial charge on any atom is -0.456 e. The van der Waals surface area contributed by atoms with Crippen LogP contribution in [-0.2, 0) is 24.3 Å². The molecule has 0 aliphatic heterocycles. The Morgan fingerprint density at radius 2 is 1.90 bits per heavy atom. The van der Waals surface area contributed by atoms with Crippen LogP contribution in [0.3, 0.4) is 0 Å². The lowest BCUT2D eigenvalue weighted by molar-refractivity contribution is -0.147. The monoisotopic (exact) mass is 465 g/mol. The van der Waals surface area contributed by atoms with Gasteiger partial charge in [0.2, 0.25) is 10.0 Å². The number of nitrogens with one attached hydrogen (secondary N) is 2. The van der Waals surface area contributed by atoms with Gasteiger partial charge < -0.3 is 4.74 Å². The number of thiazole rings is 1. The van der Waals surface area contributed by atoms with E-state index in [0.29, 0.717) is 5.13 Å². The molecule has 30 heavy (non-hydrogen) atoms. The maximum absolute atomic E-state index is 12.0. The highest BCUT2D eigenvalue weighted by Crippen LogP contribution is 2.25. The van der Waals surface area contributed by atoms with Gasteiger partial charge in [-0.3, -0.25) is 14.9 Å². The van der Waals surface area contributed by atoms with Gasteiger partial charge in [0.25, 0.3) is 5.91 Å². The van der Waals surface area contributed by atoms with Crippen LogP contribution in [0, 0.1) is 6.92 Å². The third-order valence-corrected chi connectivity index (χ3v) is 7.46. The number of hydrogen-bond donors (Lipinski definition) is 2. The molecule has 158 valence electrons. The fraction of sp³-hybridized carbons (Fsp3) is 0.211. The second kappa shape index (κ2) is 9.94. The maximum Gasteiger partial charge on any atom is 0.307 e. The highest BCUT2D eigenvalue weighted by atomic mass is 32.2. The molecule has 0 spiro atoms. The molecule has 11 heteroatoms. The van der Waals surface area contributed by atoms with Crippen LogP contribution in [0.1, 0.15) is 12.0 Å². The lowest BCUT2D eigenvalue weighted by atomic mass is 10.1. The number of rotatable bonds is 9. The Bertz CT molecular complexity index is 1110. The molecule has 0 saturated heterocycles. The van der Waals surface area contributed by atoms with Gasteiger partial charge in [0.1, 0.15) is 4.21 Å². The Morgan fingerprint density at radius 1 is 1.13 bits per heavy atom. The van der Waals surface area contributed by atoms with Gasteiger partial charge in [-0.2, -0.15) is 0 Å². The van der Waals surface area contributed by atoms with Crippen LogP contribution in [0.15, 0.2) is 51.4 Å². The van der Waals surface area contributed by atoms with Crippen molar-refractivity contribution in [2.45, 2.75) is 17.6 Å². The number of thiophene rings is 1. The standard InChI is InChI=1S/C19H19N3O5S3/c1-13-4-6-14(7-5-13)15-12-29-19(21-15)22-16(23)11-27-17(24)8-9-20-30(25,26)18-3-2-10-28-18/h2-7,10,12,20H,8-9,11H2,1H3,(H,21,22,23). The molecule has 0 fully saturated rings. The SMILES string of the molecule is Cc1ccc(-c2csc(NC(=O)COC(=O)CCNS(=O)(=O)c3cccs3)n2)cc1. The number of hydrogen-bond acceptors (Lipinski definition) is 8. The summed E-state index contributed by atoms with van der Waals surface area (Å²) in [5, 5.41) is 6.45. The molecule has 3 rings (SSSR count). The van der Waals surface area contributed by atoms with Crippen molar-refractivity contribution >= 4 is 49.7 Å². The van der Waals surface area contributed by atoms with E-state index >= 15 is 0 Å². The van der Waals surface area contributed by atoms with Crippen LogP contribution < -0.4 is 10.0 Å². The number of carbonyl (C=O) groups excluding carboxylic acids is 2. The molecule has 2 N–H and O–H groups in total. The van der Waals surface area contributed by atoms with Crippen LogP contribution in [-0.4, -0.2) is 38.4 Å². The van der Waals surface area contributed by atoms with Gasteiger partial charge >= 0.3 is 5.97 Å². The molecule has 0 aliphatic carbocycles. The van der Waals surface area contributed by atoms with Gasteiger partial charge in [0.15, 0.2) is 11.7 Å². The number of anilines is 1. The van der Waals surface area contributed by atoms with E-state index in [0.717, 1.165) is 28.2 Å². The van der Waals surface area contributed by atoms with Gasteiger partial charge in [-0.1, -0.05) is 35.9 Å². The summed E-state index contributed by atoms with van der Waals surface area (Å²) in [6, 6.07) is 10.9. The van der Waals surface area contributed by atoms with Gasteiger partial charge in [-0.05, 0) is 18.4 Å². The topological polar surface area (TPSA) is 114 Å². The predicted octanol–water partition coefficient (Wildman–Crippen LogP) is 3.03. The highest BCUT2D eigenvalue weighted by Gasteiger charge is 2.16. The number of aromatic nitrogens is 1. The van der Waals surface area contributed by atoms with Gasteiger partial charge in [-0.25, -0.2) is 18.1 Å². The Hall–Kier alpha value is -2.60. The van der Waals surface area contributed by atoms with Crippen molar-refractivity contribution in [1.82, 2.24) is 9.71 Å². The molecular weight excluding hydrogens is 446 g/mol. The maximum atomic E-state index is 12.0. The summed E-state index contributed by atoms with van der Waals surface area (Å²) < 4.78 is 31.2. The van der Waals surface area contributed by atoms with E-state index in [4.69, 9.17) is 4.74 Å². The van der Waals surface area contributed by atoms with Crippen LogP contribution in [0.4, 0.5) is 5.13 Å². The normalized spacial score (nSPS) is 11.2. The lowest BCUT2D eigenvalue weighted by Gasteiger charge is -2.06. The third-order valence-electron chi connectivity index (χ3n) is 3.84. The van der Waals surface area contributed by atoms with Crippen molar-refractivity contribution in [2.75, 3.05) is 18.5 Å². The van der Waals surface area contributed by atoms with E-state index in [1.165, 1.54) is 17.4 Å². The minimum atomic E-state index is -3.63. The van der Waals surface area contributed by atoms with E-state index in [-0.39, 0.29) is 17.2 Å². The van der Waals surface area contributed by atoms with E-state index in [1.54, 1.807) is 11.4 Å². The average Bonchev–Trinajstić information content (AvgIpc) is 3.39. The zero-order valence-corrected chi connectivity index (χ0v) is 18.4. The first-order chi connectivity index (χ1) is 14.3. The zero-order chi connectivity index (χ0) is 21.6. The third kappa shape index (κ3) is 6.20. The molecule has 0 radical (unpaired) electrons. The summed E-state index contributed by atoms with van der Waals surface area (Å²) in [4.78, 5) is 28.1. The predicted molar refractivity (Wildman–Crippen MR) is 116 cm³/mol. The number of sulfonamides is 1. The number of carbonyl (C=O) groups is 2. The van der Waals surface area contributed by atoms with Crippen LogP contribution >= 0.6 is 22.7 Å². The first-order valence-electron chi connectivity index (χ1n) is 8.85. The van der Waals surface area contributed by atoms with Crippen LogP contribution in [0.2, 0.25) is 0 Å². The average molecular weight is 466 g/mol. The Labute approximate surface area is 182 Å². The molecule has 0 aliphatic rings. The van der Waals surface area contributed by atoms with Gasteiger partial charge in [0.05, 0.1) is 12.1 Å². The first kappa shape index (κ1) is 22.1. The number of ether oxygens (including phenoxy) is 1. The molecule has 8 nitrogen and oxygen atoms in total. The molecule has 2 heterocycles. The quantitative estimate of drug-likeness (QED) is 0.470. The number of nitrogens with zero attached hydrogens (tertiary/aromatic N) is 1. The first-order valence-corrected chi connectivity index (χ1v) is 12.1. The van der Waals surface area contributed by atoms with Crippen molar-refractivity contribution in [3.63, 3.8) is 0 Å². The van der Waals surface area contributed by atoms with Gasteiger partial charge in [-0.15, -0.1) is 22.7 Å². The molecule has 0 bridgehead atoms. The zero-order valence-electron chi connectivity index (χ0n) is 16.0. The Balaban J connectivity index is 1.40. The van der Waals surface area contributed by atoms with E-state index in [2.05, 4.69) is 15.0 Å². The fourth-order valence-electron chi connectivity index (χ4n) is 2.34.